The summed E-state index contributed by atoms with van der Waals surface area (Å²) >= 11 is 0. The maximum Gasteiger partial charge on any atom is 0.325 e. The Morgan fingerprint density at radius 1 is 1.02 bits per heavy atom. The zero-order valence-corrected chi connectivity index (χ0v) is 23.5. The number of nitrogens with one attached hydrogen (secondary N) is 2. The van der Waals surface area contributed by atoms with Crippen LogP contribution in [0.5, 0.6) is 23.0 Å². The normalized spacial score (nSPS) is 11.9. The first kappa shape index (κ1) is 29.8. The highest BCUT2D eigenvalue weighted by Crippen LogP contribution is 2.37. The van der Waals surface area contributed by atoms with Crippen LogP contribution in [0.25, 0.3) is 10.9 Å². The van der Waals surface area contributed by atoms with Crippen LogP contribution in [-0.4, -0.2) is 42.2 Å². The number of carbonyl (C=O) groups is 2. The average Bonchev–Trinajstić information content (AvgIpc) is 3.00. The molecule has 9 nitrogen and oxygen atoms in total. The third-order valence-electron chi connectivity index (χ3n) is 6.43. The number of rotatable bonds is 14. The van der Waals surface area contributed by atoms with Gasteiger partial charge in [-0.25, -0.2) is 0 Å². The van der Waals surface area contributed by atoms with Crippen LogP contribution in [-0.2, 0) is 9.59 Å². The Morgan fingerprint density at radius 3 is 2.45 bits per heavy atom. The number of hydrogen-bond donors (Lipinski definition) is 3. The molecule has 0 aliphatic heterocycles. The number of aliphatic carboxylic acids is 1. The summed E-state index contributed by atoms with van der Waals surface area (Å²) in [7, 11) is 1.56. The lowest BCUT2D eigenvalue weighted by Gasteiger charge is -2.16. The molecule has 1 atom stereocenters. The number of amides is 1. The number of nitrogens with zero attached hydrogens (tertiary/aromatic N) is 1. The predicted molar refractivity (Wildman–Crippen MR) is 162 cm³/mol. The topological polar surface area (TPSA) is 119 Å². The highest BCUT2D eigenvalue weighted by molar-refractivity contribution is 6.05. The number of ether oxygens (including phenoxy) is 3. The largest absolute Gasteiger partial charge is 0.493 e. The molecule has 216 valence electrons. The van der Waals surface area contributed by atoms with E-state index in [0.29, 0.717) is 64.9 Å². The molecule has 0 aliphatic carbocycles. The van der Waals surface area contributed by atoms with E-state index in [1.165, 1.54) is 6.08 Å². The van der Waals surface area contributed by atoms with Crippen LogP contribution in [0.4, 0.5) is 5.69 Å². The van der Waals surface area contributed by atoms with Gasteiger partial charge in [-0.15, -0.1) is 0 Å². The maximum absolute atomic E-state index is 12.3. The lowest BCUT2D eigenvalue weighted by atomic mass is 10.1. The van der Waals surface area contributed by atoms with Crippen LogP contribution in [0.15, 0.2) is 103 Å². The zero-order valence-electron chi connectivity index (χ0n) is 23.5. The summed E-state index contributed by atoms with van der Waals surface area (Å²) in [5.74, 6) is 1.02. The van der Waals surface area contributed by atoms with Crippen molar-refractivity contribution in [2.45, 2.75) is 19.4 Å². The van der Waals surface area contributed by atoms with E-state index in [-0.39, 0.29) is 5.91 Å². The standard InChI is InChI=1S/C33H33N3O6/c1-4-22(5-2)32(37)36-24-12-14-25(15-13-24)42-28-16-18-34-27-21-30(29(40-3)20-26(27)28)41-19-9-17-35-31(33(38)39)23-10-7-6-8-11-23/h4-8,10-16,18,20-21,31,35H,1,9,17,19H2,2-3H3,(H,36,37)(H,38,39)/b22-5+/t31-/m0/s1. The second-order valence-corrected chi connectivity index (χ2v) is 9.20. The van der Waals surface area contributed by atoms with Gasteiger partial charge in [-0.2, -0.15) is 0 Å². The van der Waals surface area contributed by atoms with E-state index in [1.54, 1.807) is 74.8 Å². The summed E-state index contributed by atoms with van der Waals surface area (Å²) in [4.78, 5) is 28.4. The van der Waals surface area contributed by atoms with Gasteiger partial charge in [0.15, 0.2) is 11.5 Å². The lowest BCUT2D eigenvalue weighted by molar-refractivity contribution is -0.139. The number of carboxylic acid groups (broad SMARTS) is 1. The number of allylic oxidation sites excluding steroid dienone is 1. The molecule has 1 amide bonds. The Kier molecular flexibility index (Phi) is 10.3. The van der Waals surface area contributed by atoms with Crippen LogP contribution in [0, 0.1) is 0 Å². The number of hydrogen-bond acceptors (Lipinski definition) is 7. The van der Waals surface area contributed by atoms with E-state index in [1.807, 2.05) is 24.3 Å². The van der Waals surface area contributed by atoms with Gasteiger partial charge >= 0.3 is 5.97 Å². The number of benzene rings is 3. The molecule has 42 heavy (non-hydrogen) atoms. The van der Waals surface area contributed by atoms with Gasteiger partial charge in [-0.05, 0) is 61.9 Å². The number of anilines is 1. The molecule has 4 rings (SSSR count). The molecule has 1 aromatic heterocycles. The smallest absolute Gasteiger partial charge is 0.325 e. The van der Waals surface area contributed by atoms with Crippen LogP contribution in [0.1, 0.15) is 24.9 Å². The Bertz CT molecular complexity index is 1570. The third-order valence-corrected chi connectivity index (χ3v) is 6.43. The van der Waals surface area contributed by atoms with Crippen molar-refractivity contribution in [3.8, 4) is 23.0 Å². The van der Waals surface area contributed by atoms with Crippen molar-refractivity contribution in [2.75, 3.05) is 25.6 Å². The van der Waals surface area contributed by atoms with Crippen molar-refractivity contribution < 1.29 is 28.9 Å². The van der Waals surface area contributed by atoms with Gasteiger partial charge in [0.1, 0.15) is 17.5 Å². The second-order valence-electron chi connectivity index (χ2n) is 9.20. The number of fused-ring (bicyclic) bond motifs is 1. The second kappa shape index (κ2) is 14.5. The summed E-state index contributed by atoms with van der Waals surface area (Å²) in [6.07, 6.45) is 5.43. The first-order valence-electron chi connectivity index (χ1n) is 13.4. The Hall–Kier alpha value is -5.15. The van der Waals surface area contributed by atoms with E-state index in [9.17, 15) is 14.7 Å². The summed E-state index contributed by atoms with van der Waals surface area (Å²) in [6.45, 7) is 6.22. The van der Waals surface area contributed by atoms with Crippen LogP contribution in [0.2, 0.25) is 0 Å². The molecule has 4 aromatic rings. The molecule has 0 bridgehead atoms. The molecule has 3 aromatic carbocycles. The van der Waals surface area contributed by atoms with E-state index in [2.05, 4.69) is 22.2 Å². The number of carboxylic acids is 1. The quantitative estimate of drug-likeness (QED) is 0.0924. The van der Waals surface area contributed by atoms with Gasteiger partial charge in [0.2, 0.25) is 0 Å². The van der Waals surface area contributed by atoms with Gasteiger partial charge in [0.05, 0.1) is 19.2 Å². The SMILES string of the molecule is C=C/C(=C\C)C(=O)Nc1ccc(Oc2ccnc3cc(OCCCN[C@H](C(=O)O)c4ccccc4)c(OC)cc23)cc1. The van der Waals surface area contributed by atoms with Crippen molar-refractivity contribution in [1.82, 2.24) is 10.3 Å². The molecule has 0 spiro atoms. The molecule has 0 aliphatic rings. The van der Waals surface area contributed by atoms with E-state index < -0.39 is 12.0 Å². The van der Waals surface area contributed by atoms with Gasteiger partial charge in [-0.1, -0.05) is 49.1 Å². The average molecular weight is 568 g/mol. The molecule has 3 N–H and O–H groups in total. The Morgan fingerprint density at radius 2 is 1.79 bits per heavy atom. The first-order chi connectivity index (χ1) is 20.4. The first-order valence-corrected chi connectivity index (χ1v) is 13.4. The molecule has 9 heteroatoms. The van der Waals surface area contributed by atoms with Crippen molar-refractivity contribution in [3.05, 3.63) is 109 Å². The van der Waals surface area contributed by atoms with Crippen molar-refractivity contribution in [1.29, 1.82) is 0 Å². The van der Waals surface area contributed by atoms with Crippen LogP contribution in [0.3, 0.4) is 0 Å². The van der Waals surface area contributed by atoms with E-state index in [0.717, 1.165) is 5.39 Å². The van der Waals surface area contributed by atoms with Crippen LogP contribution < -0.4 is 24.8 Å². The monoisotopic (exact) mass is 567 g/mol. The Balaban J connectivity index is 1.39. The molecule has 0 radical (unpaired) electrons. The van der Waals surface area contributed by atoms with Crippen molar-refractivity contribution in [2.24, 2.45) is 0 Å². The summed E-state index contributed by atoms with van der Waals surface area (Å²) < 4.78 is 17.7. The van der Waals surface area contributed by atoms with E-state index in [4.69, 9.17) is 14.2 Å². The molecular formula is C33H33N3O6. The minimum Gasteiger partial charge on any atom is -0.493 e. The molecule has 0 unspecified atom stereocenters. The maximum atomic E-state index is 12.3. The minimum absolute atomic E-state index is 0.237. The molecule has 0 saturated heterocycles. The highest BCUT2D eigenvalue weighted by atomic mass is 16.5. The number of methoxy groups -OCH3 is 1. The number of aromatic nitrogens is 1. The summed E-state index contributed by atoms with van der Waals surface area (Å²) in [5, 5.41) is 16.2. The van der Waals surface area contributed by atoms with E-state index >= 15 is 0 Å². The van der Waals surface area contributed by atoms with Gasteiger partial charge < -0.3 is 30.0 Å². The summed E-state index contributed by atoms with van der Waals surface area (Å²) in [6, 6.07) is 20.7. The van der Waals surface area contributed by atoms with Gasteiger partial charge in [0, 0.05) is 28.9 Å². The third kappa shape index (κ3) is 7.52. The summed E-state index contributed by atoms with van der Waals surface area (Å²) in [5.41, 5.74) is 2.47. The van der Waals surface area contributed by atoms with Crippen molar-refractivity contribution in [3.63, 3.8) is 0 Å². The lowest BCUT2D eigenvalue weighted by Crippen LogP contribution is -2.29. The van der Waals surface area contributed by atoms with Gasteiger partial charge in [0.25, 0.3) is 5.91 Å². The number of carbonyl (C=O) groups excluding carboxylic acids is 1. The molecule has 0 fully saturated rings. The van der Waals surface area contributed by atoms with Gasteiger partial charge in [-0.3, -0.25) is 14.6 Å². The number of pyridine rings is 1. The fourth-order valence-corrected chi connectivity index (χ4v) is 4.26. The predicted octanol–water partition coefficient (Wildman–Crippen LogP) is 6.29. The molecular weight excluding hydrogens is 534 g/mol. The van der Waals surface area contributed by atoms with Crippen LogP contribution >= 0.6 is 0 Å². The fourth-order valence-electron chi connectivity index (χ4n) is 4.26. The van der Waals surface area contributed by atoms with Crippen molar-refractivity contribution >= 4 is 28.5 Å². The minimum atomic E-state index is -0.934. The zero-order chi connectivity index (χ0) is 29.9. The fraction of sp³-hybridized carbons (Fsp3) is 0.182. The Labute approximate surface area is 244 Å². The molecule has 0 saturated carbocycles. The highest BCUT2D eigenvalue weighted by Gasteiger charge is 2.18. The molecule has 1 heterocycles.